The molecule has 0 fully saturated rings. The summed E-state index contributed by atoms with van der Waals surface area (Å²) in [5.41, 5.74) is 1.98. The van der Waals surface area contributed by atoms with Crippen LogP contribution in [0.15, 0.2) is 21.3 Å². The number of rotatable bonds is 2. The van der Waals surface area contributed by atoms with E-state index in [0.717, 1.165) is 15.6 Å². The zero-order valence-electron chi connectivity index (χ0n) is 8.45. The molecule has 0 spiro atoms. The van der Waals surface area contributed by atoms with E-state index in [1.54, 1.807) is 22.7 Å². The van der Waals surface area contributed by atoms with Crippen molar-refractivity contribution in [2.24, 2.45) is 0 Å². The summed E-state index contributed by atoms with van der Waals surface area (Å²) in [5, 5.41) is 14.2. The molecule has 15 heavy (non-hydrogen) atoms. The first-order valence-electron chi connectivity index (χ1n) is 4.56. The summed E-state index contributed by atoms with van der Waals surface area (Å²) in [6.07, 6.45) is -0.504. The van der Waals surface area contributed by atoms with Crippen LogP contribution in [-0.2, 0) is 0 Å². The largest absolute Gasteiger partial charge is 0.384 e. The van der Waals surface area contributed by atoms with Gasteiger partial charge in [-0.1, -0.05) is 0 Å². The zero-order valence-corrected chi connectivity index (χ0v) is 11.7. The van der Waals surface area contributed by atoms with Crippen molar-refractivity contribution in [3.05, 3.63) is 42.2 Å². The third-order valence-electron chi connectivity index (χ3n) is 2.31. The van der Waals surface area contributed by atoms with Gasteiger partial charge in [-0.3, -0.25) is 0 Å². The first-order chi connectivity index (χ1) is 7.09. The highest BCUT2D eigenvalue weighted by molar-refractivity contribution is 9.10. The number of aryl methyl sites for hydroxylation is 2. The van der Waals surface area contributed by atoms with Gasteiger partial charge in [0.15, 0.2) is 0 Å². The number of hydrogen-bond donors (Lipinski definition) is 1. The minimum atomic E-state index is -0.504. The van der Waals surface area contributed by atoms with Gasteiger partial charge < -0.3 is 5.11 Å². The standard InChI is InChI=1S/C11H11BrOS2/c1-6-3-8(7(2)15-6)11(13)9-4-14-5-10(9)12/h3-5,11,13H,1-2H3. The van der Waals surface area contributed by atoms with Crippen LogP contribution < -0.4 is 0 Å². The quantitative estimate of drug-likeness (QED) is 0.878. The van der Waals surface area contributed by atoms with E-state index in [1.807, 2.05) is 10.8 Å². The summed E-state index contributed by atoms with van der Waals surface area (Å²) in [5.74, 6) is 0. The van der Waals surface area contributed by atoms with Crippen LogP contribution in [0.5, 0.6) is 0 Å². The molecule has 0 saturated carbocycles. The number of thiophene rings is 2. The summed E-state index contributed by atoms with van der Waals surface area (Å²) < 4.78 is 0.989. The molecule has 0 aliphatic carbocycles. The van der Waals surface area contributed by atoms with Gasteiger partial charge in [0, 0.05) is 25.2 Å². The van der Waals surface area contributed by atoms with Gasteiger partial charge in [0.1, 0.15) is 6.10 Å². The fraction of sp³-hybridized carbons (Fsp3) is 0.273. The molecule has 0 radical (unpaired) electrons. The molecule has 1 atom stereocenters. The average molecular weight is 303 g/mol. The molecule has 4 heteroatoms. The molecule has 0 aliphatic rings. The second kappa shape index (κ2) is 4.37. The monoisotopic (exact) mass is 302 g/mol. The van der Waals surface area contributed by atoms with Gasteiger partial charge in [-0.05, 0) is 46.8 Å². The average Bonchev–Trinajstić information content (AvgIpc) is 2.71. The molecule has 0 amide bonds. The maximum Gasteiger partial charge on any atom is 0.107 e. The van der Waals surface area contributed by atoms with Crippen LogP contribution in [-0.4, -0.2) is 5.11 Å². The summed E-state index contributed by atoms with van der Waals surface area (Å²) in [6, 6.07) is 2.06. The van der Waals surface area contributed by atoms with E-state index in [-0.39, 0.29) is 0 Å². The van der Waals surface area contributed by atoms with Crippen LogP contribution in [0.1, 0.15) is 27.0 Å². The number of aliphatic hydroxyl groups is 1. The first-order valence-corrected chi connectivity index (χ1v) is 7.11. The van der Waals surface area contributed by atoms with Crippen LogP contribution in [0.25, 0.3) is 0 Å². The van der Waals surface area contributed by atoms with Crippen molar-refractivity contribution >= 4 is 38.6 Å². The van der Waals surface area contributed by atoms with Crippen LogP contribution in [0.2, 0.25) is 0 Å². The minimum absolute atomic E-state index is 0.504. The van der Waals surface area contributed by atoms with E-state index in [9.17, 15) is 5.11 Å². The predicted octanol–water partition coefficient (Wildman–Crippen LogP) is 4.27. The van der Waals surface area contributed by atoms with E-state index in [1.165, 1.54) is 9.75 Å². The second-order valence-electron chi connectivity index (χ2n) is 3.45. The Hall–Kier alpha value is -0.160. The van der Waals surface area contributed by atoms with Crippen LogP contribution in [0, 0.1) is 13.8 Å². The molecule has 1 N–H and O–H groups in total. The predicted molar refractivity (Wildman–Crippen MR) is 69.9 cm³/mol. The van der Waals surface area contributed by atoms with Gasteiger partial charge in [0.2, 0.25) is 0 Å². The minimum Gasteiger partial charge on any atom is -0.384 e. The fourth-order valence-electron chi connectivity index (χ4n) is 1.58. The molecule has 0 saturated heterocycles. The van der Waals surface area contributed by atoms with Gasteiger partial charge in [0.05, 0.1) is 0 Å². The zero-order chi connectivity index (χ0) is 11.0. The molecular weight excluding hydrogens is 292 g/mol. The fourth-order valence-corrected chi connectivity index (χ4v) is 4.07. The van der Waals surface area contributed by atoms with Gasteiger partial charge in [0.25, 0.3) is 0 Å². The first kappa shape index (κ1) is 11.3. The molecular formula is C11H11BrOS2. The molecule has 1 unspecified atom stereocenters. The lowest BCUT2D eigenvalue weighted by Gasteiger charge is -2.09. The maximum atomic E-state index is 10.2. The molecule has 2 rings (SSSR count). The molecule has 2 heterocycles. The van der Waals surface area contributed by atoms with E-state index in [4.69, 9.17) is 0 Å². The topological polar surface area (TPSA) is 20.2 Å². The van der Waals surface area contributed by atoms with Crippen molar-refractivity contribution in [2.75, 3.05) is 0 Å². The number of hydrogen-bond acceptors (Lipinski definition) is 3. The van der Waals surface area contributed by atoms with Crippen LogP contribution in [0.3, 0.4) is 0 Å². The Kier molecular flexibility index (Phi) is 3.30. The highest BCUT2D eigenvalue weighted by Gasteiger charge is 2.17. The Bertz CT molecular complexity index is 473. The number of aliphatic hydroxyl groups excluding tert-OH is 1. The normalized spacial score (nSPS) is 13.1. The van der Waals surface area contributed by atoms with Crippen LogP contribution in [0.4, 0.5) is 0 Å². The van der Waals surface area contributed by atoms with Gasteiger partial charge in [-0.25, -0.2) is 0 Å². The summed E-state index contributed by atoms with van der Waals surface area (Å²) in [7, 11) is 0. The molecule has 0 aliphatic heterocycles. The second-order valence-corrected chi connectivity index (χ2v) is 6.50. The Labute approximate surface area is 106 Å². The number of halogens is 1. The highest BCUT2D eigenvalue weighted by atomic mass is 79.9. The lowest BCUT2D eigenvalue weighted by atomic mass is 10.1. The molecule has 0 bridgehead atoms. The van der Waals surface area contributed by atoms with Crippen molar-refractivity contribution < 1.29 is 5.11 Å². The lowest BCUT2D eigenvalue weighted by molar-refractivity contribution is 0.220. The molecule has 2 aromatic heterocycles. The molecule has 0 aromatic carbocycles. The van der Waals surface area contributed by atoms with Crippen molar-refractivity contribution in [1.82, 2.24) is 0 Å². The third kappa shape index (κ3) is 2.18. The van der Waals surface area contributed by atoms with E-state index in [0.29, 0.717) is 0 Å². The Morgan fingerprint density at radius 3 is 2.47 bits per heavy atom. The van der Waals surface area contributed by atoms with E-state index >= 15 is 0 Å². The van der Waals surface area contributed by atoms with Crippen molar-refractivity contribution in [3.63, 3.8) is 0 Å². The van der Waals surface area contributed by atoms with Gasteiger partial charge >= 0.3 is 0 Å². The van der Waals surface area contributed by atoms with Crippen molar-refractivity contribution in [1.29, 1.82) is 0 Å². The van der Waals surface area contributed by atoms with Crippen molar-refractivity contribution in [2.45, 2.75) is 20.0 Å². The summed E-state index contributed by atoms with van der Waals surface area (Å²) >= 11 is 6.78. The summed E-state index contributed by atoms with van der Waals surface area (Å²) in [4.78, 5) is 2.44. The summed E-state index contributed by atoms with van der Waals surface area (Å²) in [6.45, 7) is 4.12. The molecule has 2 aromatic rings. The van der Waals surface area contributed by atoms with Crippen molar-refractivity contribution in [3.8, 4) is 0 Å². The van der Waals surface area contributed by atoms with E-state index < -0.39 is 6.10 Å². The smallest absolute Gasteiger partial charge is 0.107 e. The van der Waals surface area contributed by atoms with Gasteiger partial charge in [-0.15, -0.1) is 11.3 Å². The van der Waals surface area contributed by atoms with Crippen LogP contribution >= 0.6 is 38.6 Å². The van der Waals surface area contributed by atoms with Gasteiger partial charge in [-0.2, -0.15) is 11.3 Å². The third-order valence-corrected chi connectivity index (χ3v) is 5.04. The Balaban J connectivity index is 2.40. The lowest BCUT2D eigenvalue weighted by Crippen LogP contribution is -1.98. The molecule has 80 valence electrons. The Morgan fingerprint density at radius 1 is 1.27 bits per heavy atom. The maximum absolute atomic E-state index is 10.2. The Morgan fingerprint density at radius 2 is 2.00 bits per heavy atom. The highest BCUT2D eigenvalue weighted by Crippen LogP contribution is 2.35. The SMILES string of the molecule is Cc1cc(C(O)c2cscc2Br)c(C)s1. The van der Waals surface area contributed by atoms with E-state index in [2.05, 4.69) is 35.8 Å². The molecule has 1 nitrogen and oxygen atoms in total.